The Kier molecular flexibility index (Phi) is 5.93. The van der Waals surface area contributed by atoms with Gasteiger partial charge in [0.15, 0.2) is 5.11 Å². The number of carbonyl (C=O) groups excluding carboxylic acids is 3. The SMILES string of the molecule is COC(=O)c1ccc(-c2ccc(/C=C3\C(=O)NC(=S)N(c4cc(C)ccc4C)C3=O)o2)cc1. The first kappa shape index (κ1) is 22.2. The van der Waals surface area contributed by atoms with Crippen molar-refractivity contribution in [3.8, 4) is 11.3 Å². The van der Waals surface area contributed by atoms with Crippen LogP contribution in [0.1, 0.15) is 27.2 Å². The van der Waals surface area contributed by atoms with Crippen molar-refractivity contribution in [2.24, 2.45) is 0 Å². The van der Waals surface area contributed by atoms with Crippen molar-refractivity contribution >= 4 is 46.9 Å². The number of hydrogen-bond acceptors (Lipinski definition) is 6. The lowest BCUT2D eigenvalue weighted by molar-refractivity contribution is -0.122. The molecule has 2 aromatic carbocycles. The van der Waals surface area contributed by atoms with E-state index in [1.54, 1.807) is 36.4 Å². The van der Waals surface area contributed by atoms with Crippen molar-refractivity contribution < 1.29 is 23.5 Å². The molecule has 7 nitrogen and oxygen atoms in total. The Morgan fingerprint density at radius 1 is 1.06 bits per heavy atom. The van der Waals surface area contributed by atoms with E-state index < -0.39 is 17.8 Å². The number of ether oxygens (including phenoxy) is 1. The van der Waals surface area contributed by atoms with E-state index >= 15 is 0 Å². The quantitative estimate of drug-likeness (QED) is 0.272. The number of esters is 1. The number of anilines is 1. The van der Waals surface area contributed by atoms with Crippen LogP contribution in [0.15, 0.2) is 64.6 Å². The highest BCUT2D eigenvalue weighted by Gasteiger charge is 2.35. The monoisotopic (exact) mass is 460 g/mol. The number of amides is 2. The molecule has 3 aromatic rings. The van der Waals surface area contributed by atoms with Crippen LogP contribution in [0, 0.1) is 13.8 Å². The van der Waals surface area contributed by atoms with Crippen LogP contribution < -0.4 is 10.2 Å². The lowest BCUT2D eigenvalue weighted by atomic mass is 10.1. The Morgan fingerprint density at radius 2 is 1.79 bits per heavy atom. The molecule has 1 N–H and O–H groups in total. The summed E-state index contributed by atoms with van der Waals surface area (Å²) in [4.78, 5) is 38.7. The second kappa shape index (κ2) is 8.84. The predicted molar refractivity (Wildman–Crippen MR) is 128 cm³/mol. The minimum Gasteiger partial charge on any atom is -0.465 e. The predicted octanol–water partition coefficient (Wildman–Crippen LogP) is 4.18. The van der Waals surface area contributed by atoms with Gasteiger partial charge in [0, 0.05) is 5.56 Å². The highest BCUT2D eigenvalue weighted by molar-refractivity contribution is 7.80. The zero-order valence-corrected chi connectivity index (χ0v) is 19.0. The Labute approximate surface area is 195 Å². The molecule has 1 aliphatic rings. The molecule has 166 valence electrons. The van der Waals surface area contributed by atoms with Crippen LogP contribution in [0.5, 0.6) is 0 Å². The first-order valence-corrected chi connectivity index (χ1v) is 10.5. The number of carbonyl (C=O) groups is 3. The number of rotatable bonds is 4. The third kappa shape index (κ3) is 4.33. The van der Waals surface area contributed by atoms with Crippen molar-refractivity contribution in [2.75, 3.05) is 12.0 Å². The zero-order valence-electron chi connectivity index (χ0n) is 18.2. The van der Waals surface area contributed by atoms with Crippen LogP contribution in [0.4, 0.5) is 5.69 Å². The summed E-state index contributed by atoms with van der Waals surface area (Å²) in [6.07, 6.45) is 1.39. The standard InChI is InChI=1S/C25H20N2O5S/c1-14-4-5-15(2)20(12-14)27-23(29)19(22(28)26-25(27)33)13-18-10-11-21(32-18)16-6-8-17(9-7-16)24(30)31-3/h4-13H,1-3H3,(H,26,28,33)/b19-13+. The van der Waals surface area contributed by atoms with Crippen LogP contribution in [0.25, 0.3) is 17.4 Å². The van der Waals surface area contributed by atoms with Crippen molar-refractivity contribution in [3.63, 3.8) is 0 Å². The van der Waals surface area contributed by atoms with E-state index in [1.165, 1.54) is 18.1 Å². The molecule has 0 saturated carbocycles. The number of nitrogens with zero attached hydrogens (tertiary/aromatic N) is 1. The Balaban J connectivity index is 1.64. The molecule has 0 bridgehead atoms. The zero-order chi connectivity index (χ0) is 23.7. The van der Waals surface area contributed by atoms with Crippen molar-refractivity contribution in [3.05, 3.63) is 82.6 Å². The molecule has 0 aliphatic carbocycles. The number of hydrogen-bond donors (Lipinski definition) is 1. The summed E-state index contributed by atoms with van der Waals surface area (Å²) in [5.74, 6) is -0.706. The molecule has 0 atom stereocenters. The van der Waals surface area contributed by atoms with Gasteiger partial charge in [0.1, 0.15) is 17.1 Å². The molecule has 2 heterocycles. The summed E-state index contributed by atoms with van der Waals surface area (Å²) in [6, 6.07) is 15.8. The van der Waals surface area contributed by atoms with Crippen LogP contribution in [0.3, 0.4) is 0 Å². The van der Waals surface area contributed by atoms with Gasteiger partial charge in [-0.2, -0.15) is 0 Å². The molecule has 0 unspecified atom stereocenters. The van der Waals surface area contributed by atoms with E-state index in [4.69, 9.17) is 21.4 Å². The summed E-state index contributed by atoms with van der Waals surface area (Å²) in [7, 11) is 1.32. The molecular formula is C25H20N2O5S. The van der Waals surface area contributed by atoms with Gasteiger partial charge in [0.2, 0.25) is 0 Å². The highest BCUT2D eigenvalue weighted by Crippen LogP contribution is 2.28. The first-order valence-electron chi connectivity index (χ1n) is 10.1. The topological polar surface area (TPSA) is 88.9 Å². The largest absolute Gasteiger partial charge is 0.465 e. The molecular weight excluding hydrogens is 440 g/mol. The van der Waals surface area contributed by atoms with Crippen LogP contribution in [-0.4, -0.2) is 30.0 Å². The molecule has 0 spiro atoms. The molecule has 4 rings (SSSR count). The smallest absolute Gasteiger partial charge is 0.337 e. The summed E-state index contributed by atoms with van der Waals surface area (Å²) in [6.45, 7) is 3.78. The van der Waals surface area contributed by atoms with E-state index in [2.05, 4.69) is 5.32 Å². The maximum Gasteiger partial charge on any atom is 0.337 e. The average molecular weight is 461 g/mol. The van der Waals surface area contributed by atoms with E-state index in [0.717, 1.165) is 16.7 Å². The summed E-state index contributed by atoms with van der Waals surface area (Å²) < 4.78 is 10.5. The highest BCUT2D eigenvalue weighted by atomic mass is 32.1. The van der Waals surface area contributed by atoms with Crippen molar-refractivity contribution in [1.82, 2.24) is 5.32 Å². The molecule has 33 heavy (non-hydrogen) atoms. The second-order valence-corrected chi connectivity index (χ2v) is 7.91. The third-order valence-corrected chi connectivity index (χ3v) is 5.50. The van der Waals surface area contributed by atoms with Crippen molar-refractivity contribution in [2.45, 2.75) is 13.8 Å². The number of furan rings is 1. The maximum atomic E-state index is 13.2. The van der Waals surface area contributed by atoms with Gasteiger partial charge in [-0.3, -0.25) is 19.8 Å². The van der Waals surface area contributed by atoms with Gasteiger partial charge in [0.05, 0.1) is 18.4 Å². The Hall–Kier alpha value is -4.04. The van der Waals surface area contributed by atoms with Gasteiger partial charge in [-0.25, -0.2) is 4.79 Å². The fraction of sp³-hybridized carbons (Fsp3) is 0.120. The number of benzene rings is 2. The van der Waals surface area contributed by atoms with E-state index in [-0.39, 0.29) is 10.7 Å². The molecule has 1 aromatic heterocycles. The number of thiocarbonyl (C=S) groups is 1. The summed E-state index contributed by atoms with van der Waals surface area (Å²) in [5.41, 5.74) is 3.48. The lowest BCUT2D eigenvalue weighted by Crippen LogP contribution is -2.54. The second-order valence-electron chi connectivity index (χ2n) is 7.52. The summed E-state index contributed by atoms with van der Waals surface area (Å²) >= 11 is 5.28. The molecule has 1 fully saturated rings. The van der Waals surface area contributed by atoms with Gasteiger partial charge < -0.3 is 9.15 Å². The number of nitrogens with one attached hydrogen (secondary N) is 1. The minimum atomic E-state index is -0.591. The molecule has 0 radical (unpaired) electrons. The van der Waals surface area contributed by atoms with E-state index in [9.17, 15) is 14.4 Å². The van der Waals surface area contributed by atoms with Gasteiger partial charge in [-0.1, -0.05) is 24.3 Å². The van der Waals surface area contributed by atoms with Crippen molar-refractivity contribution in [1.29, 1.82) is 0 Å². The van der Waals surface area contributed by atoms with Crippen LogP contribution in [0.2, 0.25) is 0 Å². The first-order chi connectivity index (χ1) is 15.8. The fourth-order valence-corrected chi connectivity index (χ4v) is 3.73. The molecule has 2 amide bonds. The van der Waals surface area contributed by atoms with E-state index in [0.29, 0.717) is 22.8 Å². The molecule has 1 aliphatic heterocycles. The van der Waals surface area contributed by atoms with Gasteiger partial charge in [-0.15, -0.1) is 0 Å². The summed E-state index contributed by atoms with van der Waals surface area (Å²) in [5, 5.41) is 2.61. The maximum absolute atomic E-state index is 13.2. The molecule has 8 heteroatoms. The van der Waals surface area contributed by atoms with Gasteiger partial charge in [0.25, 0.3) is 11.8 Å². The lowest BCUT2D eigenvalue weighted by Gasteiger charge is -2.30. The normalized spacial score (nSPS) is 15.1. The third-order valence-electron chi connectivity index (χ3n) is 5.21. The molecule has 1 saturated heterocycles. The number of methoxy groups -OCH3 is 1. The minimum absolute atomic E-state index is 0.0293. The van der Waals surface area contributed by atoms with Crippen LogP contribution >= 0.6 is 12.2 Å². The average Bonchev–Trinajstić information content (AvgIpc) is 3.27. The number of aryl methyl sites for hydroxylation is 2. The van der Waals surface area contributed by atoms with Crippen LogP contribution in [-0.2, 0) is 14.3 Å². The Bertz CT molecular complexity index is 1320. The van der Waals surface area contributed by atoms with E-state index in [1.807, 2.05) is 32.0 Å². The van der Waals surface area contributed by atoms with Gasteiger partial charge >= 0.3 is 5.97 Å². The Morgan fingerprint density at radius 3 is 2.48 bits per heavy atom. The van der Waals surface area contributed by atoms with Gasteiger partial charge in [-0.05, 0) is 73.6 Å². The fourth-order valence-electron chi connectivity index (χ4n) is 3.45.